The first-order valence-electron chi connectivity index (χ1n) is 12.7. The number of rotatable bonds is 0. The van der Waals surface area contributed by atoms with Gasteiger partial charge in [-0.15, -0.1) is 0 Å². The number of ether oxygens (including phenoxy) is 1. The first-order valence-corrected chi connectivity index (χ1v) is 12.7. The van der Waals surface area contributed by atoms with Crippen LogP contribution in [0.3, 0.4) is 0 Å². The highest BCUT2D eigenvalue weighted by molar-refractivity contribution is 6.11. The van der Waals surface area contributed by atoms with Crippen molar-refractivity contribution in [2.24, 2.45) is 7.05 Å². The van der Waals surface area contributed by atoms with E-state index in [-0.39, 0.29) is 0 Å². The first-order chi connectivity index (χ1) is 18.8. The van der Waals surface area contributed by atoms with E-state index in [4.69, 9.17) is 9.15 Å². The summed E-state index contributed by atoms with van der Waals surface area (Å²) in [5.41, 5.74) is 10.3. The summed E-state index contributed by atoms with van der Waals surface area (Å²) in [7, 11) is 2.13. The van der Waals surface area contributed by atoms with Gasteiger partial charge in [-0.3, -0.25) is 4.98 Å². The van der Waals surface area contributed by atoms with Crippen molar-refractivity contribution >= 4 is 61.0 Å². The number of aromatic nitrogens is 5. The Morgan fingerprint density at radius 1 is 0.842 bits per heavy atom. The maximum atomic E-state index is 6.70. The summed E-state index contributed by atoms with van der Waals surface area (Å²) in [5.74, 6) is 2.77. The van der Waals surface area contributed by atoms with Crippen LogP contribution in [-0.4, -0.2) is 14.3 Å². The van der Waals surface area contributed by atoms with E-state index in [1.807, 2.05) is 24.5 Å². The lowest BCUT2D eigenvalue weighted by molar-refractivity contribution is -0.634. The van der Waals surface area contributed by atoms with Crippen molar-refractivity contribution < 1.29 is 18.1 Å². The lowest BCUT2D eigenvalue weighted by Gasteiger charge is -2.32. The molecule has 8 nitrogen and oxygen atoms in total. The fraction of sp³-hybridized carbons (Fsp3) is 0.0333. The lowest BCUT2D eigenvalue weighted by Crippen LogP contribution is -2.57. The molecule has 0 amide bonds. The molecule has 3 aliphatic rings. The molecule has 1 unspecified atom stereocenters. The lowest BCUT2D eigenvalue weighted by atomic mass is 10.1. The van der Waals surface area contributed by atoms with Crippen molar-refractivity contribution in [2.45, 2.75) is 0 Å². The summed E-state index contributed by atoms with van der Waals surface area (Å²) in [6, 6.07) is 23.2. The Bertz CT molecular complexity index is 2460. The van der Waals surface area contributed by atoms with E-state index in [1.165, 1.54) is 10.8 Å². The zero-order valence-corrected chi connectivity index (χ0v) is 20.1. The van der Waals surface area contributed by atoms with Crippen LogP contribution in [0.15, 0.2) is 89.7 Å². The molecule has 1 atom stereocenters. The van der Waals surface area contributed by atoms with Crippen LogP contribution in [0.1, 0.15) is 0 Å². The molecular formula is C30H17N6O2+3. The Balaban J connectivity index is 1.55. The Morgan fingerprint density at radius 3 is 2.68 bits per heavy atom. The number of hydrogen-bond donors (Lipinski definition) is 0. The Morgan fingerprint density at radius 2 is 1.71 bits per heavy atom. The fourth-order valence-electron chi connectivity index (χ4n) is 7.51. The van der Waals surface area contributed by atoms with E-state index in [0.29, 0.717) is 4.70 Å². The van der Waals surface area contributed by atoms with E-state index in [9.17, 15) is 0 Å². The van der Waals surface area contributed by atoms with Crippen LogP contribution in [0.2, 0.25) is 0 Å². The molecule has 176 valence electrons. The van der Waals surface area contributed by atoms with Gasteiger partial charge in [0.25, 0.3) is 11.2 Å². The average Bonchev–Trinajstić information content (AvgIpc) is 3.57. The van der Waals surface area contributed by atoms with E-state index in [0.717, 1.165) is 73.1 Å². The number of imidazole rings is 1. The van der Waals surface area contributed by atoms with Gasteiger partial charge in [0.05, 0.1) is 23.3 Å². The van der Waals surface area contributed by atoms with Gasteiger partial charge in [-0.05, 0) is 53.2 Å². The van der Waals surface area contributed by atoms with Crippen molar-refractivity contribution in [3.8, 4) is 22.9 Å². The van der Waals surface area contributed by atoms with Crippen LogP contribution in [0, 0.1) is 0 Å². The van der Waals surface area contributed by atoms with Gasteiger partial charge < -0.3 is 9.15 Å². The van der Waals surface area contributed by atoms with Crippen molar-refractivity contribution in [3.63, 3.8) is 0 Å². The number of pyridine rings is 2. The topological polar surface area (TPSA) is 53.1 Å². The minimum Gasteiger partial charge on any atom is -0.448 e. The fourth-order valence-corrected chi connectivity index (χ4v) is 7.51. The molecule has 0 fully saturated rings. The third-order valence-corrected chi connectivity index (χ3v) is 8.76. The minimum absolute atomic E-state index is 0.300. The molecule has 3 aromatic carbocycles. The van der Waals surface area contributed by atoms with Gasteiger partial charge in [0.15, 0.2) is 34.1 Å². The molecule has 8 heteroatoms. The third-order valence-electron chi connectivity index (χ3n) is 8.76. The standard InChI is InChI=1S/C30H17N6O2/c1-32-19-12-13-31-15-20(19)35-29(32)18-6-3-9-23-27(18)36(35)28-24(38-23)11-10-22-26(28)34-25-16(5-2-8-21(25)37-22)17-7-4-14-33(36)30(17)34/h2-15H,1H3/q+3. The molecule has 8 aromatic rings. The number of benzene rings is 3. The zero-order chi connectivity index (χ0) is 24.5. The summed E-state index contributed by atoms with van der Waals surface area (Å²) < 4.78 is 23.1. The number of aryl methyl sites for hydroxylation is 1. The van der Waals surface area contributed by atoms with Crippen LogP contribution in [0.5, 0.6) is 11.5 Å². The predicted molar refractivity (Wildman–Crippen MR) is 141 cm³/mol. The Kier molecular flexibility index (Phi) is 2.57. The molecule has 38 heavy (non-hydrogen) atoms. The van der Waals surface area contributed by atoms with E-state index in [2.05, 4.69) is 91.1 Å². The van der Waals surface area contributed by atoms with Gasteiger partial charge in [-0.1, -0.05) is 12.1 Å². The maximum absolute atomic E-state index is 6.70. The van der Waals surface area contributed by atoms with Crippen LogP contribution in [0.25, 0.3) is 61.0 Å². The van der Waals surface area contributed by atoms with Crippen LogP contribution in [-0.2, 0) is 7.05 Å². The second-order valence-corrected chi connectivity index (χ2v) is 10.4. The van der Waals surface area contributed by atoms with Gasteiger partial charge in [-0.2, -0.15) is 4.40 Å². The largest absolute Gasteiger partial charge is 0.448 e. The molecule has 3 aliphatic heterocycles. The van der Waals surface area contributed by atoms with Gasteiger partial charge >= 0.3 is 17.2 Å². The van der Waals surface area contributed by atoms with E-state index < -0.39 is 0 Å². The quantitative estimate of drug-likeness (QED) is 0.161. The molecule has 8 heterocycles. The first kappa shape index (κ1) is 18.1. The smallest absolute Gasteiger partial charge is 0.352 e. The molecule has 1 spiro atoms. The summed E-state index contributed by atoms with van der Waals surface area (Å²) in [4.78, 5) is 4.58. The number of quaternary nitrogens is 1. The molecule has 0 N–H and O–H groups in total. The number of para-hydroxylation sites is 2. The zero-order valence-electron chi connectivity index (χ0n) is 20.1. The monoisotopic (exact) mass is 493 g/mol. The average molecular weight is 494 g/mol. The molecule has 0 aliphatic carbocycles. The molecule has 0 radical (unpaired) electrons. The van der Waals surface area contributed by atoms with Crippen LogP contribution >= 0.6 is 0 Å². The highest BCUT2D eigenvalue weighted by Gasteiger charge is 2.68. The van der Waals surface area contributed by atoms with Gasteiger partial charge in [0.2, 0.25) is 11.3 Å². The van der Waals surface area contributed by atoms with Gasteiger partial charge in [0, 0.05) is 22.3 Å². The minimum atomic E-state index is 0.300. The van der Waals surface area contributed by atoms with Crippen molar-refractivity contribution in [2.75, 3.05) is 0 Å². The summed E-state index contributed by atoms with van der Waals surface area (Å²) in [6.07, 6.45) is 6.03. The number of nitrogens with zero attached hydrogens (tertiary/aromatic N) is 6. The molecule has 11 rings (SSSR count). The summed E-state index contributed by atoms with van der Waals surface area (Å²) in [5, 5.41) is 2.36. The molecule has 0 saturated heterocycles. The number of fused-ring (bicyclic) bond motifs is 5. The number of hydrogen-bond acceptors (Lipinski definition) is 3. The van der Waals surface area contributed by atoms with E-state index in [1.54, 1.807) is 0 Å². The van der Waals surface area contributed by atoms with Crippen LogP contribution in [0.4, 0.5) is 11.4 Å². The Labute approximate surface area is 213 Å². The van der Waals surface area contributed by atoms with Crippen molar-refractivity contribution in [3.05, 3.63) is 85.3 Å². The molecule has 5 aromatic heterocycles. The third kappa shape index (κ3) is 1.55. The normalized spacial score (nSPS) is 17.9. The second kappa shape index (κ2) is 5.39. The predicted octanol–water partition coefficient (Wildman–Crippen LogP) is 5.42. The Hall–Kier alpha value is -5.21. The SMILES string of the molecule is C[n+]1c2n(c3cnccc31)[N+]13c4c(cccc4-2)Oc2ccc4oc5cccc6c7cccn1c7[n+](c4c23)c56. The van der Waals surface area contributed by atoms with Gasteiger partial charge in [-0.25, -0.2) is 4.57 Å². The summed E-state index contributed by atoms with van der Waals surface area (Å²) >= 11 is 0. The van der Waals surface area contributed by atoms with Crippen molar-refractivity contribution in [1.29, 1.82) is 0 Å². The van der Waals surface area contributed by atoms with Crippen LogP contribution < -0.4 is 18.4 Å². The van der Waals surface area contributed by atoms with Crippen molar-refractivity contribution in [1.82, 2.24) is 19.0 Å². The maximum Gasteiger partial charge on any atom is 0.352 e. The highest BCUT2D eigenvalue weighted by atomic mass is 16.5. The molecule has 0 saturated carbocycles. The van der Waals surface area contributed by atoms with Gasteiger partial charge in [0.1, 0.15) is 5.56 Å². The molecule has 0 bridgehead atoms. The second-order valence-electron chi connectivity index (χ2n) is 10.4. The van der Waals surface area contributed by atoms with E-state index >= 15 is 0 Å². The molecular weight excluding hydrogens is 476 g/mol. The summed E-state index contributed by atoms with van der Waals surface area (Å²) in [6.45, 7) is 0. The highest BCUT2D eigenvalue weighted by Crippen LogP contribution is 2.63.